The second kappa shape index (κ2) is 4.97. The molecule has 1 aliphatic rings. The van der Waals surface area contributed by atoms with Gasteiger partial charge in [-0.2, -0.15) is 0 Å². The summed E-state index contributed by atoms with van der Waals surface area (Å²) in [6.07, 6.45) is 0.202. The third-order valence-corrected chi connectivity index (χ3v) is 3.63. The van der Waals surface area contributed by atoms with E-state index in [9.17, 15) is 9.59 Å². The molecule has 0 aliphatic carbocycles. The van der Waals surface area contributed by atoms with Crippen molar-refractivity contribution < 1.29 is 14.7 Å². The summed E-state index contributed by atoms with van der Waals surface area (Å²) < 4.78 is 0.799. The van der Waals surface area contributed by atoms with E-state index < -0.39 is 11.9 Å². The molecule has 0 saturated carbocycles. The molecular weight excluding hydrogens is 300 g/mol. The number of hydrogen-bond donors (Lipinski definition) is 2. The van der Waals surface area contributed by atoms with Crippen LogP contribution in [0.3, 0.4) is 0 Å². The van der Waals surface area contributed by atoms with Crippen molar-refractivity contribution in [2.45, 2.75) is 6.42 Å². The van der Waals surface area contributed by atoms with E-state index in [-0.39, 0.29) is 12.3 Å². The monoisotopic (exact) mass is 312 g/mol. The molecule has 0 aromatic heterocycles. The van der Waals surface area contributed by atoms with E-state index in [1.54, 1.807) is 12.1 Å². The maximum Gasteiger partial charge on any atom is 0.303 e. The van der Waals surface area contributed by atoms with Crippen molar-refractivity contribution >= 4 is 33.5 Å². The van der Waals surface area contributed by atoms with Crippen LogP contribution in [0.1, 0.15) is 16.8 Å². The minimum atomic E-state index is -0.761. The maximum atomic E-state index is 11.0. The van der Waals surface area contributed by atoms with Crippen LogP contribution in [0.5, 0.6) is 0 Å². The zero-order valence-electron chi connectivity index (χ0n) is 9.60. The van der Waals surface area contributed by atoms with Crippen molar-refractivity contribution in [3.05, 3.63) is 28.2 Å². The van der Waals surface area contributed by atoms with E-state index in [0.717, 1.165) is 23.2 Å². The summed E-state index contributed by atoms with van der Waals surface area (Å²) in [5.41, 5.74) is 6.61. The number of aliphatic carboxylic acids is 1. The first-order valence-electron chi connectivity index (χ1n) is 5.53. The minimum Gasteiger partial charge on any atom is -0.481 e. The van der Waals surface area contributed by atoms with E-state index in [0.29, 0.717) is 5.56 Å². The van der Waals surface area contributed by atoms with Gasteiger partial charge in [-0.3, -0.25) is 9.59 Å². The Kier molecular flexibility index (Phi) is 3.56. The fraction of sp³-hybridized carbons (Fsp3) is 0.333. The molecule has 1 saturated heterocycles. The van der Waals surface area contributed by atoms with Crippen LogP contribution >= 0.6 is 15.9 Å². The molecular formula is C12H13BrN2O3. The first kappa shape index (κ1) is 12.9. The van der Waals surface area contributed by atoms with E-state index in [4.69, 9.17) is 10.8 Å². The molecule has 1 heterocycles. The molecule has 0 atom stereocenters. The van der Waals surface area contributed by atoms with Gasteiger partial charge in [0.15, 0.2) is 0 Å². The summed E-state index contributed by atoms with van der Waals surface area (Å²) in [7, 11) is 0. The summed E-state index contributed by atoms with van der Waals surface area (Å²) in [6.45, 7) is 1.45. The molecule has 96 valence electrons. The quantitative estimate of drug-likeness (QED) is 0.881. The van der Waals surface area contributed by atoms with Crippen LogP contribution in [0.25, 0.3) is 0 Å². The van der Waals surface area contributed by atoms with Gasteiger partial charge in [-0.25, -0.2) is 0 Å². The molecule has 1 aromatic carbocycles. The van der Waals surface area contributed by atoms with Gasteiger partial charge >= 0.3 is 5.97 Å². The van der Waals surface area contributed by atoms with Gasteiger partial charge in [-0.1, -0.05) is 0 Å². The second-order valence-corrected chi connectivity index (χ2v) is 5.25. The van der Waals surface area contributed by atoms with Gasteiger partial charge in [0.25, 0.3) is 0 Å². The Morgan fingerprint density at radius 2 is 2.11 bits per heavy atom. The Morgan fingerprint density at radius 1 is 1.44 bits per heavy atom. The predicted octanol–water partition coefficient (Wildman–Crippen LogP) is 1.46. The second-order valence-electron chi connectivity index (χ2n) is 4.40. The first-order valence-corrected chi connectivity index (χ1v) is 6.32. The van der Waals surface area contributed by atoms with Crippen LogP contribution in [0.4, 0.5) is 5.69 Å². The molecule has 0 unspecified atom stereocenters. The molecule has 3 N–H and O–H groups in total. The molecule has 6 heteroatoms. The standard InChI is InChI=1S/C12H13BrN2O3/c13-9-4-8(12(14)18)1-2-10(9)15-5-7(6-15)3-11(16)17/h1-2,4,7H,3,5-6H2,(H2,14,18)(H,16,17). The highest BCUT2D eigenvalue weighted by Gasteiger charge is 2.29. The molecule has 0 bridgehead atoms. The lowest BCUT2D eigenvalue weighted by atomic mass is 9.95. The Morgan fingerprint density at radius 3 is 2.61 bits per heavy atom. The number of amides is 1. The van der Waals surface area contributed by atoms with Gasteiger partial charge in [-0.05, 0) is 34.1 Å². The number of benzene rings is 1. The summed E-state index contributed by atoms with van der Waals surface area (Å²) in [6, 6.07) is 5.18. The summed E-state index contributed by atoms with van der Waals surface area (Å²) >= 11 is 3.40. The highest BCUT2D eigenvalue weighted by molar-refractivity contribution is 9.10. The van der Waals surface area contributed by atoms with Gasteiger partial charge in [0.1, 0.15) is 0 Å². The highest BCUT2D eigenvalue weighted by Crippen LogP contribution is 2.33. The zero-order chi connectivity index (χ0) is 13.3. The SMILES string of the molecule is NC(=O)c1ccc(N2CC(CC(=O)O)C2)c(Br)c1. The Balaban J connectivity index is 2.04. The molecule has 1 fully saturated rings. The molecule has 1 aromatic rings. The van der Waals surface area contributed by atoms with E-state index in [1.807, 2.05) is 6.07 Å². The summed E-state index contributed by atoms with van der Waals surface area (Å²) in [4.78, 5) is 23.6. The van der Waals surface area contributed by atoms with Crippen molar-refractivity contribution in [1.82, 2.24) is 0 Å². The van der Waals surface area contributed by atoms with Crippen molar-refractivity contribution in [3.8, 4) is 0 Å². The lowest BCUT2D eigenvalue weighted by molar-refractivity contribution is -0.138. The number of nitrogens with two attached hydrogens (primary N) is 1. The van der Waals surface area contributed by atoms with Crippen LogP contribution in [-0.2, 0) is 4.79 Å². The van der Waals surface area contributed by atoms with Gasteiger partial charge in [0, 0.05) is 29.0 Å². The van der Waals surface area contributed by atoms with Gasteiger partial charge in [-0.15, -0.1) is 0 Å². The highest BCUT2D eigenvalue weighted by atomic mass is 79.9. The number of anilines is 1. The number of carboxylic acid groups (broad SMARTS) is 1. The third kappa shape index (κ3) is 2.64. The molecule has 5 nitrogen and oxygen atoms in total. The smallest absolute Gasteiger partial charge is 0.303 e. The van der Waals surface area contributed by atoms with Crippen LogP contribution in [0.15, 0.2) is 22.7 Å². The number of rotatable bonds is 4. The fourth-order valence-corrected chi connectivity index (χ4v) is 2.69. The Bertz CT molecular complexity index is 498. The normalized spacial score (nSPS) is 15.3. The van der Waals surface area contributed by atoms with Crippen LogP contribution in [0, 0.1) is 5.92 Å². The lowest BCUT2D eigenvalue weighted by Crippen LogP contribution is -2.47. The van der Waals surface area contributed by atoms with Crippen molar-refractivity contribution in [1.29, 1.82) is 0 Å². The van der Waals surface area contributed by atoms with E-state index >= 15 is 0 Å². The number of carbonyl (C=O) groups excluding carboxylic acids is 1. The largest absolute Gasteiger partial charge is 0.481 e. The lowest BCUT2D eigenvalue weighted by Gasteiger charge is -2.41. The number of halogens is 1. The zero-order valence-corrected chi connectivity index (χ0v) is 11.2. The van der Waals surface area contributed by atoms with Gasteiger partial charge in [0.05, 0.1) is 12.1 Å². The summed E-state index contributed by atoms with van der Waals surface area (Å²) in [5, 5.41) is 8.68. The van der Waals surface area contributed by atoms with Crippen molar-refractivity contribution in [2.24, 2.45) is 11.7 Å². The number of carbonyl (C=O) groups is 2. The maximum absolute atomic E-state index is 11.0. The fourth-order valence-electron chi connectivity index (χ4n) is 2.06. The molecule has 1 amide bonds. The number of nitrogens with zero attached hydrogens (tertiary/aromatic N) is 1. The molecule has 0 radical (unpaired) electrons. The average molecular weight is 313 g/mol. The third-order valence-electron chi connectivity index (χ3n) is 2.99. The molecule has 0 spiro atoms. The number of carboxylic acids is 1. The molecule has 18 heavy (non-hydrogen) atoms. The molecule has 2 rings (SSSR count). The van der Waals surface area contributed by atoms with Crippen LogP contribution in [0.2, 0.25) is 0 Å². The van der Waals surface area contributed by atoms with Crippen molar-refractivity contribution in [3.63, 3.8) is 0 Å². The Labute approximate surface area is 113 Å². The van der Waals surface area contributed by atoms with E-state index in [2.05, 4.69) is 20.8 Å². The van der Waals surface area contributed by atoms with Crippen LogP contribution < -0.4 is 10.6 Å². The van der Waals surface area contributed by atoms with Gasteiger partial charge in [0.2, 0.25) is 5.91 Å². The number of hydrogen-bond acceptors (Lipinski definition) is 3. The van der Waals surface area contributed by atoms with E-state index in [1.165, 1.54) is 0 Å². The number of primary amides is 1. The van der Waals surface area contributed by atoms with Gasteiger partial charge < -0.3 is 15.7 Å². The van der Waals surface area contributed by atoms with Crippen LogP contribution in [-0.4, -0.2) is 30.1 Å². The summed E-state index contributed by atoms with van der Waals surface area (Å²) in [5.74, 6) is -1.03. The van der Waals surface area contributed by atoms with Crippen molar-refractivity contribution in [2.75, 3.05) is 18.0 Å². The predicted molar refractivity (Wildman–Crippen MR) is 70.6 cm³/mol. The Hall–Kier alpha value is -1.56. The average Bonchev–Trinajstić information content (AvgIpc) is 2.23. The minimum absolute atomic E-state index is 0.199. The first-order chi connectivity index (χ1) is 8.47. The topological polar surface area (TPSA) is 83.6 Å². The molecule has 1 aliphatic heterocycles.